The summed E-state index contributed by atoms with van der Waals surface area (Å²) in [6, 6.07) is 14.2. The van der Waals surface area contributed by atoms with Gasteiger partial charge in [0.2, 0.25) is 0 Å². The SMILES string of the molecule is O=C(c1ccc(NCc2cccnc2)cn1)N1CCN(c2ccccc2F)CC1. The van der Waals surface area contributed by atoms with Gasteiger partial charge in [-0.05, 0) is 35.9 Å². The number of para-hydroxylation sites is 1. The van der Waals surface area contributed by atoms with E-state index in [9.17, 15) is 9.18 Å². The van der Waals surface area contributed by atoms with E-state index < -0.39 is 0 Å². The van der Waals surface area contributed by atoms with E-state index in [4.69, 9.17) is 0 Å². The maximum absolute atomic E-state index is 14.0. The number of hydrogen-bond donors (Lipinski definition) is 1. The normalized spacial score (nSPS) is 14.0. The topological polar surface area (TPSA) is 61.4 Å². The quantitative estimate of drug-likeness (QED) is 0.724. The van der Waals surface area contributed by atoms with Gasteiger partial charge < -0.3 is 15.1 Å². The molecular weight excluding hydrogens is 369 g/mol. The summed E-state index contributed by atoms with van der Waals surface area (Å²) in [6.45, 7) is 2.90. The molecule has 1 aliphatic heterocycles. The monoisotopic (exact) mass is 391 g/mol. The van der Waals surface area contributed by atoms with Gasteiger partial charge in [-0.25, -0.2) is 9.37 Å². The van der Waals surface area contributed by atoms with Gasteiger partial charge in [0.1, 0.15) is 11.5 Å². The van der Waals surface area contributed by atoms with Gasteiger partial charge in [-0.3, -0.25) is 9.78 Å². The van der Waals surface area contributed by atoms with Crippen LogP contribution in [0, 0.1) is 5.82 Å². The summed E-state index contributed by atoms with van der Waals surface area (Å²) in [5.74, 6) is -0.333. The first-order valence-corrected chi connectivity index (χ1v) is 9.58. The van der Waals surface area contributed by atoms with Crippen molar-refractivity contribution >= 4 is 17.3 Å². The molecule has 29 heavy (non-hydrogen) atoms. The lowest BCUT2D eigenvalue weighted by Gasteiger charge is -2.36. The van der Waals surface area contributed by atoms with Crippen molar-refractivity contribution in [3.63, 3.8) is 0 Å². The standard InChI is InChI=1S/C22H22FN5O/c23-19-5-1-2-6-21(19)27-10-12-28(13-11-27)22(29)20-8-7-18(16-26-20)25-15-17-4-3-9-24-14-17/h1-9,14,16,25H,10-13,15H2. The summed E-state index contributed by atoms with van der Waals surface area (Å²) < 4.78 is 14.0. The molecule has 1 aliphatic rings. The minimum absolute atomic E-state index is 0.100. The highest BCUT2D eigenvalue weighted by atomic mass is 19.1. The number of piperazine rings is 1. The molecule has 4 rings (SSSR count). The fraction of sp³-hybridized carbons (Fsp3) is 0.227. The third-order valence-electron chi connectivity index (χ3n) is 4.96. The molecule has 1 saturated heterocycles. The Morgan fingerprint density at radius 3 is 2.52 bits per heavy atom. The van der Waals surface area contributed by atoms with E-state index >= 15 is 0 Å². The van der Waals surface area contributed by atoms with E-state index in [1.54, 1.807) is 41.7 Å². The van der Waals surface area contributed by atoms with Crippen LogP contribution in [0.4, 0.5) is 15.8 Å². The molecule has 0 atom stereocenters. The summed E-state index contributed by atoms with van der Waals surface area (Å²) in [7, 11) is 0. The highest BCUT2D eigenvalue weighted by Crippen LogP contribution is 2.20. The highest BCUT2D eigenvalue weighted by Gasteiger charge is 2.24. The van der Waals surface area contributed by atoms with Gasteiger partial charge >= 0.3 is 0 Å². The summed E-state index contributed by atoms with van der Waals surface area (Å²) in [5, 5.41) is 3.27. The van der Waals surface area contributed by atoms with Crippen LogP contribution in [-0.4, -0.2) is 47.0 Å². The average molecular weight is 391 g/mol. The molecule has 0 unspecified atom stereocenters. The van der Waals surface area contributed by atoms with E-state index in [0.29, 0.717) is 44.1 Å². The van der Waals surface area contributed by atoms with Crippen molar-refractivity contribution in [2.24, 2.45) is 0 Å². The van der Waals surface area contributed by atoms with Crippen LogP contribution >= 0.6 is 0 Å². The first-order chi connectivity index (χ1) is 14.2. The van der Waals surface area contributed by atoms with Crippen LogP contribution in [0.1, 0.15) is 16.1 Å². The molecule has 1 N–H and O–H groups in total. The number of carbonyl (C=O) groups excluding carboxylic acids is 1. The van der Waals surface area contributed by atoms with E-state index in [-0.39, 0.29) is 11.7 Å². The number of anilines is 2. The number of amides is 1. The molecule has 6 nitrogen and oxygen atoms in total. The Hall–Kier alpha value is -3.48. The first-order valence-electron chi connectivity index (χ1n) is 9.58. The molecular formula is C22H22FN5O. The van der Waals surface area contributed by atoms with Crippen molar-refractivity contribution in [2.75, 3.05) is 36.4 Å². The number of carbonyl (C=O) groups is 1. The van der Waals surface area contributed by atoms with Gasteiger partial charge in [0.05, 0.1) is 17.6 Å². The lowest BCUT2D eigenvalue weighted by atomic mass is 10.2. The second kappa shape index (κ2) is 8.68. The Morgan fingerprint density at radius 1 is 1.00 bits per heavy atom. The lowest BCUT2D eigenvalue weighted by Crippen LogP contribution is -2.49. The summed E-state index contributed by atoms with van der Waals surface area (Å²) in [5.41, 5.74) is 2.91. The number of aromatic nitrogens is 2. The molecule has 148 valence electrons. The Balaban J connectivity index is 1.32. The lowest BCUT2D eigenvalue weighted by molar-refractivity contribution is 0.0741. The molecule has 0 spiro atoms. The van der Waals surface area contributed by atoms with Gasteiger partial charge in [-0.2, -0.15) is 0 Å². The van der Waals surface area contributed by atoms with Crippen LogP contribution in [0.2, 0.25) is 0 Å². The van der Waals surface area contributed by atoms with Crippen LogP contribution in [0.15, 0.2) is 67.1 Å². The highest BCUT2D eigenvalue weighted by molar-refractivity contribution is 5.92. The molecule has 0 radical (unpaired) electrons. The number of hydrogen-bond acceptors (Lipinski definition) is 5. The number of nitrogens with zero attached hydrogens (tertiary/aromatic N) is 4. The fourth-order valence-electron chi connectivity index (χ4n) is 3.35. The molecule has 0 bridgehead atoms. The number of nitrogens with one attached hydrogen (secondary N) is 1. The summed E-state index contributed by atoms with van der Waals surface area (Å²) >= 11 is 0. The number of pyridine rings is 2. The minimum atomic E-state index is -0.233. The zero-order chi connectivity index (χ0) is 20.1. The predicted molar refractivity (Wildman–Crippen MR) is 110 cm³/mol. The van der Waals surface area contributed by atoms with E-state index in [0.717, 1.165) is 11.3 Å². The molecule has 1 amide bonds. The van der Waals surface area contributed by atoms with Gasteiger partial charge in [-0.15, -0.1) is 0 Å². The Labute approximate surface area is 169 Å². The van der Waals surface area contributed by atoms with E-state index in [1.807, 2.05) is 29.2 Å². The maximum atomic E-state index is 14.0. The van der Waals surface area contributed by atoms with Crippen molar-refractivity contribution in [3.05, 3.63) is 84.2 Å². The van der Waals surface area contributed by atoms with Crippen molar-refractivity contribution in [3.8, 4) is 0 Å². The smallest absolute Gasteiger partial charge is 0.272 e. The Morgan fingerprint density at radius 2 is 1.83 bits per heavy atom. The summed E-state index contributed by atoms with van der Waals surface area (Å²) in [6.07, 6.45) is 5.21. The molecule has 1 aromatic carbocycles. The molecule has 3 heterocycles. The van der Waals surface area contributed by atoms with Gasteiger partial charge in [0.15, 0.2) is 0 Å². The largest absolute Gasteiger partial charge is 0.380 e. The van der Waals surface area contributed by atoms with E-state index in [2.05, 4.69) is 15.3 Å². The van der Waals surface area contributed by atoms with Crippen molar-refractivity contribution < 1.29 is 9.18 Å². The zero-order valence-corrected chi connectivity index (χ0v) is 16.0. The van der Waals surface area contributed by atoms with Crippen molar-refractivity contribution in [1.29, 1.82) is 0 Å². The third-order valence-corrected chi connectivity index (χ3v) is 4.96. The third kappa shape index (κ3) is 4.51. The molecule has 7 heteroatoms. The number of halogens is 1. The van der Waals surface area contributed by atoms with Crippen LogP contribution in [0.5, 0.6) is 0 Å². The first kappa shape index (κ1) is 18.9. The minimum Gasteiger partial charge on any atom is -0.380 e. The molecule has 1 fully saturated rings. The molecule has 2 aromatic heterocycles. The number of benzene rings is 1. The van der Waals surface area contributed by atoms with Crippen LogP contribution in [-0.2, 0) is 6.54 Å². The molecule has 3 aromatic rings. The Bertz CT molecular complexity index is 956. The van der Waals surface area contributed by atoms with Crippen LogP contribution in [0.3, 0.4) is 0 Å². The molecule has 0 aliphatic carbocycles. The van der Waals surface area contributed by atoms with Gasteiger partial charge in [0.25, 0.3) is 5.91 Å². The number of rotatable bonds is 5. The van der Waals surface area contributed by atoms with Crippen molar-refractivity contribution in [1.82, 2.24) is 14.9 Å². The average Bonchev–Trinajstić information content (AvgIpc) is 2.79. The predicted octanol–water partition coefficient (Wildman–Crippen LogP) is 3.19. The molecule has 0 saturated carbocycles. The van der Waals surface area contributed by atoms with E-state index in [1.165, 1.54) is 6.07 Å². The second-order valence-electron chi connectivity index (χ2n) is 6.88. The maximum Gasteiger partial charge on any atom is 0.272 e. The van der Waals surface area contributed by atoms with Gasteiger partial charge in [-0.1, -0.05) is 18.2 Å². The van der Waals surface area contributed by atoms with Gasteiger partial charge in [0, 0.05) is 45.1 Å². The zero-order valence-electron chi connectivity index (χ0n) is 16.0. The van der Waals surface area contributed by atoms with Crippen LogP contribution < -0.4 is 10.2 Å². The van der Waals surface area contributed by atoms with Crippen molar-refractivity contribution in [2.45, 2.75) is 6.54 Å². The second-order valence-corrected chi connectivity index (χ2v) is 6.88. The fourth-order valence-corrected chi connectivity index (χ4v) is 3.35. The van der Waals surface area contributed by atoms with Crippen LogP contribution in [0.25, 0.3) is 0 Å². The summed E-state index contributed by atoms with van der Waals surface area (Å²) in [4.78, 5) is 24.9. The Kier molecular flexibility index (Phi) is 5.65.